The molecule has 1 aliphatic heterocycles. The van der Waals surface area contributed by atoms with Gasteiger partial charge in [0.15, 0.2) is 11.9 Å². The highest BCUT2D eigenvalue weighted by Gasteiger charge is 2.61. The van der Waals surface area contributed by atoms with Crippen molar-refractivity contribution in [1.82, 2.24) is 0 Å². The molecule has 0 bridgehead atoms. The molecule has 1 rings (SSSR count). The third kappa shape index (κ3) is 10.0. The Kier molecular flexibility index (Phi) is 16.6. The fraction of sp³-hybridized carbons (Fsp3) is 1.00. The smallest absolute Gasteiger partial charge is 0.400 e. The van der Waals surface area contributed by atoms with Crippen molar-refractivity contribution in [2.45, 2.75) is 111 Å². The molecular formula is C24H52O9Si2. The first kappa shape index (κ1) is 33.1. The van der Waals surface area contributed by atoms with E-state index in [9.17, 15) is 0 Å². The molecule has 1 fully saturated rings. The molecule has 0 amide bonds. The number of hydrogen-bond acceptors (Lipinski definition) is 9. The van der Waals surface area contributed by atoms with Gasteiger partial charge in [-0.15, -0.1) is 0 Å². The number of hydrogen-bond donors (Lipinski definition) is 0. The normalized spacial score (nSPS) is 19.1. The van der Waals surface area contributed by atoms with E-state index in [1.54, 1.807) is 0 Å². The van der Waals surface area contributed by atoms with Gasteiger partial charge in [-0.05, 0) is 33.6 Å². The summed E-state index contributed by atoms with van der Waals surface area (Å²) in [5.41, 5.74) is 0. The molecular weight excluding hydrogens is 488 g/mol. The van der Waals surface area contributed by atoms with Crippen LogP contribution in [-0.2, 0) is 41.4 Å². The molecule has 9 nitrogen and oxygen atoms in total. The predicted octanol–water partition coefficient (Wildman–Crippen LogP) is 3.55. The Balaban J connectivity index is 3.62. The van der Waals surface area contributed by atoms with Crippen molar-refractivity contribution in [3.63, 3.8) is 0 Å². The molecule has 35 heavy (non-hydrogen) atoms. The van der Waals surface area contributed by atoms with Crippen LogP contribution >= 0.6 is 0 Å². The van der Waals surface area contributed by atoms with E-state index in [2.05, 4.69) is 27.7 Å². The van der Waals surface area contributed by atoms with E-state index < -0.39 is 26.7 Å². The molecule has 0 aromatic heterocycles. The minimum absolute atomic E-state index is 0.0267. The first-order valence-electron chi connectivity index (χ1n) is 13.6. The van der Waals surface area contributed by atoms with Gasteiger partial charge in [-0.3, -0.25) is 0 Å². The van der Waals surface area contributed by atoms with Crippen LogP contribution in [0.1, 0.15) is 80.6 Å². The highest BCUT2D eigenvalue weighted by molar-refractivity contribution is 6.60. The van der Waals surface area contributed by atoms with Crippen LogP contribution in [-0.4, -0.2) is 89.5 Å². The first-order valence-corrected chi connectivity index (χ1v) is 16.3. The van der Waals surface area contributed by atoms with Gasteiger partial charge >= 0.3 is 14.8 Å². The molecule has 0 N–H and O–H groups in total. The first-order chi connectivity index (χ1) is 16.9. The maximum atomic E-state index is 7.02. The third-order valence-electron chi connectivity index (χ3n) is 5.49. The Morgan fingerprint density at radius 3 is 1.77 bits per heavy atom. The lowest BCUT2D eigenvalue weighted by Gasteiger charge is -2.50. The summed E-state index contributed by atoms with van der Waals surface area (Å²) in [4.78, 5) is 0. The molecule has 0 aliphatic carbocycles. The van der Waals surface area contributed by atoms with E-state index in [1.165, 1.54) is 0 Å². The van der Waals surface area contributed by atoms with Crippen LogP contribution < -0.4 is 0 Å². The lowest BCUT2D eigenvalue weighted by atomic mass is 10.0. The van der Waals surface area contributed by atoms with Gasteiger partial charge in [0.1, 0.15) is 16.6 Å². The minimum Gasteiger partial charge on any atom is -0.400 e. The van der Waals surface area contributed by atoms with Crippen molar-refractivity contribution >= 4 is 19.3 Å². The summed E-state index contributed by atoms with van der Waals surface area (Å²) >= 11 is 0. The van der Waals surface area contributed by atoms with Crippen LogP contribution in [0.25, 0.3) is 0 Å². The summed E-state index contributed by atoms with van der Waals surface area (Å²) in [6.45, 7) is 17.3. The SMILES string of the molecule is CCCO[Si](CCC)(OCCC)OC(CCC)(O[SiH3])C(OCC1CO1)C(OCC)(OCC)OCC. The van der Waals surface area contributed by atoms with E-state index in [1.807, 2.05) is 20.8 Å². The van der Waals surface area contributed by atoms with E-state index in [-0.39, 0.29) is 6.10 Å². The zero-order chi connectivity index (χ0) is 26.2. The summed E-state index contributed by atoms with van der Waals surface area (Å²) in [7, 11) is -2.77. The number of rotatable bonds is 24. The van der Waals surface area contributed by atoms with Crippen LogP contribution in [0.15, 0.2) is 0 Å². The number of epoxide rings is 1. The number of ether oxygens (including phenoxy) is 5. The molecule has 0 spiro atoms. The van der Waals surface area contributed by atoms with Crippen LogP contribution in [0.4, 0.5) is 0 Å². The largest absolute Gasteiger partial charge is 0.503 e. The molecule has 11 heteroatoms. The van der Waals surface area contributed by atoms with Gasteiger partial charge in [-0.2, -0.15) is 0 Å². The molecule has 3 unspecified atom stereocenters. The Morgan fingerprint density at radius 1 is 0.857 bits per heavy atom. The lowest BCUT2D eigenvalue weighted by molar-refractivity contribution is -0.446. The molecule has 3 atom stereocenters. The van der Waals surface area contributed by atoms with E-state index in [0.29, 0.717) is 69.2 Å². The Labute approximate surface area is 217 Å². The van der Waals surface area contributed by atoms with Crippen molar-refractivity contribution in [3.8, 4) is 0 Å². The topological polar surface area (TPSA) is 86.4 Å². The van der Waals surface area contributed by atoms with Gasteiger partial charge in [0.2, 0.25) is 0 Å². The van der Waals surface area contributed by atoms with Crippen LogP contribution in [0.5, 0.6) is 0 Å². The maximum Gasteiger partial charge on any atom is 0.503 e. The molecule has 0 aromatic rings. The Bertz CT molecular complexity index is 514. The second-order valence-corrected chi connectivity index (χ2v) is 11.6. The average molecular weight is 541 g/mol. The fourth-order valence-corrected chi connectivity index (χ4v) is 7.76. The van der Waals surface area contributed by atoms with Gasteiger partial charge in [0, 0.05) is 45.5 Å². The summed E-state index contributed by atoms with van der Waals surface area (Å²) in [5, 5.41) is 0. The van der Waals surface area contributed by atoms with Gasteiger partial charge in [-0.25, -0.2) is 0 Å². The van der Waals surface area contributed by atoms with E-state index >= 15 is 0 Å². The van der Waals surface area contributed by atoms with E-state index in [0.717, 1.165) is 25.7 Å². The second kappa shape index (κ2) is 17.6. The monoisotopic (exact) mass is 540 g/mol. The van der Waals surface area contributed by atoms with Crippen molar-refractivity contribution in [2.75, 3.05) is 46.2 Å². The van der Waals surface area contributed by atoms with Gasteiger partial charge in [0.25, 0.3) is 0 Å². The molecule has 1 aliphatic rings. The zero-order valence-electron chi connectivity index (χ0n) is 23.5. The maximum absolute atomic E-state index is 7.02. The fourth-order valence-electron chi connectivity index (χ4n) is 4.04. The molecule has 1 saturated heterocycles. The third-order valence-corrected chi connectivity index (χ3v) is 9.24. The van der Waals surface area contributed by atoms with Crippen LogP contribution in [0.2, 0.25) is 6.04 Å². The van der Waals surface area contributed by atoms with Crippen molar-refractivity contribution < 1.29 is 41.4 Å². The standard InChI is InChI=1S/C24H52O9Si2/c1-8-15-23(32-34,33-35(18-11-4,30-16-9-2)31-17-10-3)22(26-20-21-19-25-21)24(27-12-5,28-13-6)29-14-7/h21-22H,8-20H2,1-7,34H3. The van der Waals surface area contributed by atoms with Gasteiger partial charge < -0.3 is 41.4 Å². The van der Waals surface area contributed by atoms with Crippen molar-refractivity contribution in [2.24, 2.45) is 0 Å². The molecule has 0 radical (unpaired) electrons. The predicted molar refractivity (Wildman–Crippen MR) is 140 cm³/mol. The quantitative estimate of drug-likeness (QED) is 0.104. The Hall–Kier alpha value is 0.0738. The van der Waals surface area contributed by atoms with Crippen LogP contribution in [0, 0.1) is 0 Å². The van der Waals surface area contributed by atoms with Crippen molar-refractivity contribution in [1.29, 1.82) is 0 Å². The Morgan fingerprint density at radius 2 is 1.40 bits per heavy atom. The van der Waals surface area contributed by atoms with Crippen molar-refractivity contribution in [3.05, 3.63) is 0 Å². The zero-order valence-corrected chi connectivity index (χ0v) is 26.5. The van der Waals surface area contributed by atoms with Gasteiger partial charge in [0.05, 0.1) is 13.2 Å². The average Bonchev–Trinajstić information content (AvgIpc) is 3.66. The van der Waals surface area contributed by atoms with E-state index in [4.69, 9.17) is 41.4 Å². The molecule has 210 valence electrons. The lowest BCUT2D eigenvalue weighted by Crippen LogP contribution is -2.67. The summed E-state index contributed by atoms with van der Waals surface area (Å²) in [5.74, 6) is -2.76. The highest BCUT2D eigenvalue weighted by atomic mass is 28.4. The van der Waals surface area contributed by atoms with Gasteiger partial charge in [-0.1, -0.05) is 40.5 Å². The highest BCUT2D eigenvalue weighted by Crippen LogP contribution is 2.40. The van der Waals surface area contributed by atoms with Crippen LogP contribution in [0.3, 0.4) is 0 Å². The molecule has 1 heterocycles. The molecule has 0 saturated carbocycles. The minimum atomic E-state index is -3.16. The summed E-state index contributed by atoms with van der Waals surface area (Å²) in [6.07, 6.45) is 3.07. The molecule has 0 aromatic carbocycles. The summed E-state index contributed by atoms with van der Waals surface area (Å²) < 4.78 is 56.8. The second-order valence-electron chi connectivity index (χ2n) is 8.57. The summed E-state index contributed by atoms with van der Waals surface area (Å²) in [6, 6.07) is 0.673.